The van der Waals surface area contributed by atoms with Crippen molar-refractivity contribution >= 4 is 0 Å². The summed E-state index contributed by atoms with van der Waals surface area (Å²) >= 11 is 0. The van der Waals surface area contributed by atoms with Crippen molar-refractivity contribution in [3.05, 3.63) is 0 Å². The highest BCUT2D eigenvalue weighted by molar-refractivity contribution is 4.77. The molecule has 1 rings (SSSR count). The van der Waals surface area contributed by atoms with E-state index in [2.05, 4.69) is 6.92 Å². The zero-order valence-electron chi connectivity index (χ0n) is 16.5. The van der Waals surface area contributed by atoms with Crippen molar-refractivity contribution in [2.24, 2.45) is 11.8 Å². The zero-order valence-corrected chi connectivity index (χ0v) is 16.5. The molecule has 1 aliphatic carbocycles. The second kappa shape index (κ2) is 14.1. The SMILES string of the molecule is CCCCCCCCCC(CCC(O)C(O)CC)C1CCCCC1. The first-order valence-electron chi connectivity index (χ1n) is 11.0. The molecule has 144 valence electrons. The Bertz CT molecular complexity index is 273. The molecular formula is C22H44O2. The van der Waals surface area contributed by atoms with Gasteiger partial charge in [-0.2, -0.15) is 0 Å². The number of aliphatic hydroxyl groups excluding tert-OH is 2. The zero-order chi connectivity index (χ0) is 17.6. The predicted molar refractivity (Wildman–Crippen MR) is 104 cm³/mol. The molecule has 2 nitrogen and oxygen atoms in total. The van der Waals surface area contributed by atoms with Crippen LogP contribution in [0.4, 0.5) is 0 Å². The van der Waals surface area contributed by atoms with Crippen molar-refractivity contribution in [3.63, 3.8) is 0 Å². The quantitative estimate of drug-likeness (QED) is 0.368. The predicted octanol–water partition coefficient (Wildman–Crippen LogP) is 6.24. The van der Waals surface area contributed by atoms with Crippen molar-refractivity contribution in [2.45, 2.75) is 129 Å². The lowest BCUT2D eigenvalue weighted by Crippen LogP contribution is -2.27. The molecular weight excluding hydrogens is 296 g/mol. The number of rotatable bonds is 14. The van der Waals surface area contributed by atoms with Gasteiger partial charge in [0.2, 0.25) is 0 Å². The van der Waals surface area contributed by atoms with E-state index in [1.165, 1.54) is 83.5 Å². The van der Waals surface area contributed by atoms with Gasteiger partial charge in [-0.3, -0.25) is 0 Å². The molecule has 1 aliphatic rings. The fourth-order valence-corrected chi connectivity index (χ4v) is 4.43. The van der Waals surface area contributed by atoms with E-state index in [-0.39, 0.29) is 0 Å². The van der Waals surface area contributed by atoms with E-state index in [0.29, 0.717) is 6.42 Å². The summed E-state index contributed by atoms with van der Waals surface area (Å²) in [6.45, 7) is 4.23. The van der Waals surface area contributed by atoms with Crippen LogP contribution in [0.25, 0.3) is 0 Å². The van der Waals surface area contributed by atoms with Gasteiger partial charge < -0.3 is 10.2 Å². The normalized spacial score (nSPS) is 20.0. The summed E-state index contributed by atoms with van der Waals surface area (Å²) in [7, 11) is 0. The molecule has 0 radical (unpaired) electrons. The first-order chi connectivity index (χ1) is 11.7. The van der Waals surface area contributed by atoms with Crippen LogP contribution in [-0.2, 0) is 0 Å². The highest BCUT2D eigenvalue weighted by Crippen LogP contribution is 2.36. The Balaban J connectivity index is 2.29. The summed E-state index contributed by atoms with van der Waals surface area (Å²) in [4.78, 5) is 0. The van der Waals surface area contributed by atoms with E-state index < -0.39 is 12.2 Å². The fourth-order valence-electron chi connectivity index (χ4n) is 4.43. The molecule has 2 N–H and O–H groups in total. The van der Waals surface area contributed by atoms with Gasteiger partial charge in [-0.15, -0.1) is 0 Å². The molecule has 0 aromatic heterocycles. The molecule has 0 bridgehead atoms. The molecule has 1 saturated carbocycles. The summed E-state index contributed by atoms with van der Waals surface area (Å²) in [5.41, 5.74) is 0. The maximum Gasteiger partial charge on any atom is 0.0799 e. The largest absolute Gasteiger partial charge is 0.390 e. The second-order valence-corrected chi connectivity index (χ2v) is 8.19. The van der Waals surface area contributed by atoms with Gasteiger partial charge in [0.25, 0.3) is 0 Å². The lowest BCUT2D eigenvalue weighted by Gasteiger charge is -2.31. The summed E-state index contributed by atoms with van der Waals surface area (Å²) in [5.74, 6) is 1.66. The molecule has 0 heterocycles. The average molecular weight is 341 g/mol. The van der Waals surface area contributed by atoms with E-state index in [1.54, 1.807) is 0 Å². The Morgan fingerprint density at radius 2 is 1.33 bits per heavy atom. The van der Waals surface area contributed by atoms with Crippen LogP contribution in [0, 0.1) is 11.8 Å². The van der Waals surface area contributed by atoms with Crippen LogP contribution in [0.15, 0.2) is 0 Å². The molecule has 1 fully saturated rings. The van der Waals surface area contributed by atoms with Gasteiger partial charge in [-0.05, 0) is 31.1 Å². The van der Waals surface area contributed by atoms with Gasteiger partial charge in [0.05, 0.1) is 12.2 Å². The Morgan fingerprint density at radius 3 is 1.96 bits per heavy atom. The minimum atomic E-state index is -0.532. The van der Waals surface area contributed by atoms with Crippen molar-refractivity contribution in [1.29, 1.82) is 0 Å². The van der Waals surface area contributed by atoms with Crippen LogP contribution in [0.5, 0.6) is 0 Å². The molecule has 0 spiro atoms. The number of unbranched alkanes of at least 4 members (excludes halogenated alkanes) is 6. The van der Waals surface area contributed by atoms with Crippen LogP contribution in [-0.4, -0.2) is 22.4 Å². The van der Waals surface area contributed by atoms with Crippen LogP contribution in [0.1, 0.15) is 117 Å². The van der Waals surface area contributed by atoms with Gasteiger partial charge >= 0.3 is 0 Å². The van der Waals surface area contributed by atoms with E-state index >= 15 is 0 Å². The third kappa shape index (κ3) is 9.42. The Morgan fingerprint density at radius 1 is 0.708 bits per heavy atom. The Labute approximate surface area is 151 Å². The second-order valence-electron chi connectivity index (χ2n) is 8.19. The summed E-state index contributed by atoms with van der Waals surface area (Å²) in [6.07, 6.45) is 19.5. The number of hydrogen-bond donors (Lipinski definition) is 2. The first kappa shape index (κ1) is 22.0. The maximum absolute atomic E-state index is 10.1. The molecule has 0 aliphatic heterocycles. The van der Waals surface area contributed by atoms with Crippen LogP contribution in [0.3, 0.4) is 0 Å². The molecule has 0 amide bonds. The van der Waals surface area contributed by atoms with Crippen molar-refractivity contribution < 1.29 is 10.2 Å². The molecule has 3 atom stereocenters. The molecule has 3 unspecified atom stereocenters. The molecule has 0 aromatic rings. The lowest BCUT2D eigenvalue weighted by atomic mass is 9.75. The van der Waals surface area contributed by atoms with Gasteiger partial charge in [-0.25, -0.2) is 0 Å². The van der Waals surface area contributed by atoms with Gasteiger partial charge in [-0.1, -0.05) is 97.3 Å². The topological polar surface area (TPSA) is 40.5 Å². The highest BCUT2D eigenvalue weighted by atomic mass is 16.3. The maximum atomic E-state index is 10.1. The van der Waals surface area contributed by atoms with E-state index in [0.717, 1.165) is 24.7 Å². The van der Waals surface area contributed by atoms with E-state index in [9.17, 15) is 10.2 Å². The van der Waals surface area contributed by atoms with Crippen molar-refractivity contribution in [1.82, 2.24) is 0 Å². The average Bonchev–Trinajstić information content (AvgIpc) is 2.63. The summed E-state index contributed by atoms with van der Waals surface area (Å²) in [5, 5.41) is 19.9. The first-order valence-corrected chi connectivity index (χ1v) is 11.0. The lowest BCUT2D eigenvalue weighted by molar-refractivity contribution is 0.00660. The van der Waals surface area contributed by atoms with Crippen molar-refractivity contribution in [3.8, 4) is 0 Å². The molecule has 2 heteroatoms. The third-order valence-corrected chi connectivity index (χ3v) is 6.19. The molecule has 0 aromatic carbocycles. The Kier molecular flexibility index (Phi) is 12.9. The monoisotopic (exact) mass is 340 g/mol. The number of hydrogen-bond acceptors (Lipinski definition) is 2. The minimum Gasteiger partial charge on any atom is -0.390 e. The van der Waals surface area contributed by atoms with Crippen LogP contribution in [0.2, 0.25) is 0 Å². The minimum absolute atomic E-state index is 0.518. The summed E-state index contributed by atoms with van der Waals surface area (Å²) in [6, 6.07) is 0. The molecule has 0 saturated heterocycles. The van der Waals surface area contributed by atoms with Crippen LogP contribution >= 0.6 is 0 Å². The third-order valence-electron chi connectivity index (χ3n) is 6.19. The van der Waals surface area contributed by atoms with Gasteiger partial charge in [0.15, 0.2) is 0 Å². The standard InChI is InChI=1S/C22H44O2/c1-3-5-6-7-8-9-11-16-20(19-14-12-10-13-15-19)17-18-22(24)21(23)4-2/h19-24H,3-18H2,1-2H3. The van der Waals surface area contributed by atoms with Gasteiger partial charge in [0.1, 0.15) is 0 Å². The van der Waals surface area contributed by atoms with Crippen LogP contribution < -0.4 is 0 Å². The fraction of sp³-hybridized carbons (Fsp3) is 1.00. The van der Waals surface area contributed by atoms with E-state index in [1.807, 2.05) is 6.92 Å². The number of aliphatic hydroxyl groups is 2. The highest BCUT2D eigenvalue weighted by Gasteiger charge is 2.25. The smallest absolute Gasteiger partial charge is 0.0799 e. The Hall–Kier alpha value is -0.0800. The van der Waals surface area contributed by atoms with Crippen molar-refractivity contribution in [2.75, 3.05) is 0 Å². The van der Waals surface area contributed by atoms with E-state index in [4.69, 9.17) is 0 Å². The molecule has 24 heavy (non-hydrogen) atoms. The summed E-state index contributed by atoms with van der Waals surface area (Å²) < 4.78 is 0. The van der Waals surface area contributed by atoms with Gasteiger partial charge in [0, 0.05) is 0 Å².